The number of rotatable bonds is 3. The molecule has 1 unspecified atom stereocenters. The summed E-state index contributed by atoms with van der Waals surface area (Å²) in [4.78, 5) is 16.2. The molecule has 2 aromatic rings. The molecule has 1 aliphatic heterocycles. The number of aryl methyl sites for hydroxylation is 1. The summed E-state index contributed by atoms with van der Waals surface area (Å²) < 4.78 is 27.8. The third-order valence-electron chi connectivity index (χ3n) is 4.67. The molecule has 0 aliphatic carbocycles. The van der Waals surface area contributed by atoms with E-state index in [9.17, 15) is 13.6 Å². The molecule has 132 valence electrons. The van der Waals surface area contributed by atoms with E-state index in [2.05, 4.69) is 0 Å². The highest BCUT2D eigenvalue weighted by Crippen LogP contribution is 2.27. The van der Waals surface area contributed by atoms with Gasteiger partial charge in [0.25, 0.3) is 0 Å². The molecule has 1 amide bonds. The van der Waals surface area contributed by atoms with Crippen LogP contribution in [0.3, 0.4) is 0 Å². The average molecular weight is 365 g/mol. The Balaban J connectivity index is 1.78. The number of carbonyl (C=O) groups is 1. The number of nitrogens with zero attached hydrogens (tertiary/aromatic N) is 2. The van der Waals surface area contributed by atoms with Gasteiger partial charge in [0.2, 0.25) is 5.91 Å². The second-order valence-electron chi connectivity index (χ2n) is 6.27. The Kier molecular flexibility index (Phi) is 5.06. The highest BCUT2D eigenvalue weighted by molar-refractivity contribution is 6.31. The Morgan fingerprint density at radius 3 is 2.48 bits per heavy atom. The second kappa shape index (κ2) is 7.10. The molecule has 3 nitrogen and oxygen atoms in total. The molecular formula is C19H19ClF2N2O. The van der Waals surface area contributed by atoms with E-state index in [0.29, 0.717) is 18.1 Å². The van der Waals surface area contributed by atoms with Crippen molar-refractivity contribution in [2.24, 2.45) is 0 Å². The summed E-state index contributed by atoms with van der Waals surface area (Å²) in [6.07, 6.45) is 0. The van der Waals surface area contributed by atoms with Crippen molar-refractivity contribution in [1.82, 2.24) is 4.90 Å². The van der Waals surface area contributed by atoms with Crippen LogP contribution in [0.15, 0.2) is 36.4 Å². The molecule has 3 rings (SSSR count). The molecule has 0 bridgehead atoms. The standard InChI is InChI=1S/C19H19ClF2N2O/c1-12-6-7-14(10-16(12)20)24-9-8-23(13(2)19(24)25)11-15-17(21)4-3-5-18(15)22/h3-7,10,13H,8-9,11H2,1-2H3. The van der Waals surface area contributed by atoms with Crippen LogP contribution in [-0.2, 0) is 11.3 Å². The second-order valence-corrected chi connectivity index (χ2v) is 6.68. The Labute approximate surface area is 150 Å². The van der Waals surface area contributed by atoms with Crippen molar-refractivity contribution in [3.63, 3.8) is 0 Å². The molecule has 2 aromatic carbocycles. The lowest BCUT2D eigenvalue weighted by Gasteiger charge is -2.39. The van der Waals surface area contributed by atoms with E-state index in [1.54, 1.807) is 22.8 Å². The molecule has 6 heteroatoms. The minimum absolute atomic E-state index is 0.00557. The molecular weight excluding hydrogens is 346 g/mol. The van der Waals surface area contributed by atoms with Gasteiger partial charge in [-0.15, -0.1) is 0 Å². The van der Waals surface area contributed by atoms with E-state index < -0.39 is 17.7 Å². The van der Waals surface area contributed by atoms with Crippen LogP contribution in [-0.4, -0.2) is 29.9 Å². The summed E-state index contributed by atoms with van der Waals surface area (Å²) in [6.45, 7) is 4.68. The van der Waals surface area contributed by atoms with Crippen molar-refractivity contribution in [2.45, 2.75) is 26.4 Å². The van der Waals surface area contributed by atoms with Gasteiger partial charge in [0.1, 0.15) is 11.6 Å². The number of hydrogen-bond donors (Lipinski definition) is 0. The summed E-state index contributed by atoms with van der Waals surface area (Å²) in [5.41, 5.74) is 1.68. The van der Waals surface area contributed by atoms with Gasteiger partial charge in [0.15, 0.2) is 0 Å². The fraction of sp³-hybridized carbons (Fsp3) is 0.316. The molecule has 1 aliphatic rings. The maximum Gasteiger partial charge on any atom is 0.244 e. The number of hydrogen-bond acceptors (Lipinski definition) is 2. The normalized spacial score (nSPS) is 18.7. The molecule has 25 heavy (non-hydrogen) atoms. The van der Waals surface area contributed by atoms with Crippen molar-refractivity contribution in [3.8, 4) is 0 Å². The summed E-state index contributed by atoms with van der Waals surface area (Å²) in [7, 11) is 0. The first-order chi connectivity index (χ1) is 11.9. The van der Waals surface area contributed by atoms with Gasteiger partial charge in [-0.2, -0.15) is 0 Å². The van der Waals surface area contributed by atoms with Gasteiger partial charge in [0, 0.05) is 35.9 Å². The lowest BCUT2D eigenvalue weighted by Crippen LogP contribution is -2.55. The summed E-state index contributed by atoms with van der Waals surface area (Å²) in [5, 5.41) is 0.605. The predicted molar refractivity (Wildman–Crippen MR) is 94.8 cm³/mol. The van der Waals surface area contributed by atoms with Crippen molar-refractivity contribution < 1.29 is 13.6 Å². The van der Waals surface area contributed by atoms with Crippen LogP contribution in [0, 0.1) is 18.6 Å². The molecule has 0 spiro atoms. The fourth-order valence-electron chi connectivity index (χ4n) is 3.02. The van der Waals surface area contributed by atoms with Gasteiger partial charge in [-0.3, -0.25) is 9.69 Å². The minimum atomic E-state index is -0.590. The highest BCUT2D eigenvalue weighted by atomic mass is 35.5. The van der Waals surface area contributed by atoms with E-state index in [1.807, 2.05) is 19.1 Å². The lowest BCUT2D eigenvalue weighted by molar-refractivity contribution is -0.125. The highest BCUT2D eigenvalue weighted by Gasteiger charge is 2.33. The van der Waals surface area contributed by atoms with Crippen LogP contribution in [0.1, 0.15) is 18.1 Å². The Hall–Kier alpha value is -1.98. The van der Waals surface area contributed by atoms with Gasteiger partial charge < -0.3 is 4.90 Å². The Morgan fingerprint density at radius 1 is 1.16 bits per heavy atom. The van der Waals surface area contributed by atoms with Gasteiger partial charge >= 0.3 is 0 Å². The lowest BCUT2D eigenvalue weighted by atomic mass is 10.1. The van der Waals surface area contributed by atoms with Gasteiger partial charge in [0.05, 0.1) is 6.04 Å². The number of carbonyl (C=O) groups excluding carboxylic acids is 1. The number of amides is 1. The summed E-state index contributed by atoms with van der Waals surface area (Å²) in [6, 6.07) is 8.82. The van der Waals surface area contributed by atoms with Gasteiger partial charge in [-0.1, -0.05) is 23.7 Å². The van der Waals surface area contributed by atoms with Crippen molar-refractivity contribution in [2.75, 3.05) is 18.0 Å². The van der Waals surface area contributed by atoms with Crippen LogP contribution in [0.2, 0.25) is 5.02 Å². The number of piperazine rings is 1. The van der Waals surface area contributed by atoms with Crippen LogP contribution < -0.4 is 4.90 Å². The molecule has 1 atom stereocenters. The van der Waals surface area contributed by atoms with E-state index in [1.165, 1.54) is 18.2 Å². The van der Waals surface area contributed by atoms with Crippen molar-refractivity contribution in [3.05, 3.63) is 64.2 Å². The predicted octanol–water partition coefficient (Wildman–Crippen LogP) is 4.16. The average Bonchev–Trinajstić information content (AvgIpc) is 2.58. The molecule has 1 fully saturated rings. The van der Waals surface area contributed by atoms with E-state index in [0.717, 1.165) is 11.3 Å². The molecule has 1 saturated heterocycles. The monoisotopic (exact) mass is 364 g/mol. The fourth-order valence-corrected chi connectivity index (χ4v) is 3.20. The quantitative estimate of drug-likeness (QED) is 0.816. The largest absolute Gasteiger partial charge is 0.310 e. The Bertz CT molecular complexity index is 792. The minimum Gasteiger partial charge on any atom is -0.310 e. The third kappa shape index (κ3) is 3.53. The van der Waals surface area contributed by atoms with Crippen LogP contribution >= 0.6 is 11.6 Å². The zero-order chi connectivity index (χ0) is 18.1. The maximum absolute atomic E-state index is 13.9. The van der Waals surface area contributed by atoms with Crippen LogP contribution in [0.25, 0.3) is 0 Å². The number of anilines is 1. The smallest absolute Gasteiger partial charge is 0.244 e. The summed E-state index contributed by atoms with van der Waals surface area (Å²) >= 11 is 6.16. The zero-order valence-electron chi connectivity index (χ0n) is 14.1. The molecule has 1 heterocycles. The zero-order valence-corrected chi connectivity index (χ0v) is 14.9. The summed E-state index contributed by atoms with van der Waals surface area (Å²) in [5.74, 6) is -1.29. The molecule has 0 N–H and O–H groups in total. The molecule has 0 aromatic heterocycles. The Morgan fingerprint density at radius 2 is 1.84 bits per heavy atom. The SMILES string of the molecule is Cc1ccc(N2CCN(Cc3c(F)cccc3F)C(C)C2=O)cc1Cl. The van der Waals surface area contributed by atoms with E-state index in [4.69, 9.17) is 11.6 Å². The van der Waals surface area contributed by atoms with Crippen LogP contribution in [0.5, 0.6) is 0 Å². The first-order valence-electron chi connectivity index (χ1n) is 8.13. The van der Waals surface area contributed by atoms with Gasteiger partial charge in [-0.05, 0) is 43.7 Å². The number of halogens is 3. The molecule has 0 saturated carbocycles. The van der Waals surface area contributed by atoms with Crippen molar-refractivity contribution >= 4 is 23.2 Å². The maximum atomic E-state index is 13.9. The van der Waals surface area contributed by atoms with Gasteiger partial charge in [-0.25, -0.2) is 8.78 Å². The van der Waals surface area contributed by atoms with Crippen molar-refractivity contribution in [1.29, 1.82) is 0 Å². The number of benzene rings is 2. The third-order valence-corrected chi connectivity index (χ3v) is 5.08. The van der Waals surface area contributed by atoms with E-state index in [-0.39, 0.29) is 18.0 Å². The first kappa shape index (κ1) is 17.8. The van der Waals surface area contributed by atoms with E-state index >= 15 is 0 Å². The topological polar surface area (TPSA) is 23.6 Å². The molecule has 0 radical (unpaired) electrons. The van der Waals surface area contributed by atoms with Crippen LogP contribution in [0.4, 0.5) is 14.5 Å². The first-order valence-corrected chi connectivity index (χ1v) is 8.50.